The van der Waals surface area contributed by atoms with Gasteiger partial charge in [-0.05, 0) is 28.1 Å². The standard InChI is InChI=1S/C14H17BrN4OS.ClH/c1-18-6-5-17-14(18)11-9-16-4-7-19(11)13(20)8-10-2-3-12(15)21-10;/h2-3,5-6,11,16H,4,7-9H2,1H3;1H. The average Bonchev–Trinajstić information content (AvgIpc) is 3.07. The summed E-state index contributed by atoms with van der Waals surface area (Å²) in [5.41, 5.74) is 0. The first kappa shape index (κ1) is 17.5. The van der Waals surface area contributed by atoms with Crippen LogP contribution in [0.4, 0.5) is 0 Å². The van der Waals surface area contributed by atoms with Crippen molar-refractivity contribution in [2.24, 2.45) is 7.05 Å². The van der Waals surface area contributed by atoms with Crippen LogP contribution in [0.5, 0.6) is 0 Å². The van der Waals surface area contributed by atoms with Gasteiger partial charge in [0.25, 0.3) is 0 Å². The first-order valence-corrected chi connectivity index (χ1v) is 8.47. The zero-order chi connectivity index (χ0) is 14.8. The van der Waals surface area contributed by atoms with Crippen molar-refractivity contribution in [2.75, 3.05) is 19.6 Å². The van der Waals surface area contributed by atoms with Crippen LogP contribution in [-0.4, -0.2) is 40.0 Å². The fourth-order valence-electron chi connectivity index (χ4n) is 2.63. The number of halogens is 2. The quantitative estimate of drug-likeness (QED) is 0.853. The molecule has 0 radical (unpaired) electrons. The summed E-state index contributed by atoms with van der Waals surface area (Å²) >= 11 is 5.06. The number of hydrogen-bond acceptors (Lipinski definition) is 4. The fraction of sp³-hybridized carbons (Fsp3) is 0.429. The summed E-state index contributed by atoms with van der Waals surface area (Å²) in [6.45, 7) is 2.31. The van der Waals surface area contributed by atoms with Gasteiger partial charge in [-0.3, -0.25) is 4.79 Å². The summed E-state index contributed by atoms with van der Waals surface area (Å²) in [6.07, 6.45) is 4.16. The Morgan fingerprint density at radius 3 is 3.00 bits per heavy atom. The third-order valence-corrected chi connectivity index (χ3v) is 5.30. The molecule has 2 aromatic heterocycles. The Morgan fingerprint density at radius 2 is 2.36 bits per heavy atom. The topological polar surface area (TPSA) is 50.2 Å². The van der Waals surface area contributed by atoms with Crippen LogP contribution in [0.2, 0.25) is 0 Å². The smallest absolute Gasteiger partial charge is 0.228 e. The van der Waals surface area contributed by atoms with Crippen LogP contribution < -0.4 is 5.32 Å². The maximum atomic E-state index is 12.6. The highest BCUT2D eigenvalue weighted by Gasteiger charge is 2.30. The Balaban J connectivity index is 0.00000176. The van der Waals surface area contributed by atoms with E-state index in [1.807, 2.05) is 34.8 Å². The second-order valence-electron chi connectivity index (χ2n) is 5.09. The molecule has 1 unspecified atom stereocenters. The second kappa shape index (κ2) is 7.59. The molecule has 1 N–H and O–H groups in total. The number of amides is 1. The van der Waals surface area contributed by atoms with E-state index in [0.29, 0.717) is 6.42 Å². The van der Waals surface area contributed by atoms with Crippen molar-refractivity contribution in [3.05, 3.63) is 39.0 Å². The van der Waals surface area contributed by atoms with Crippen LogP contribution in [0.1, 0.15) is 16.7 Å². The number of aryl methyl sites for hydroxylation is 1. The third kappa shape index (κ3) is 3.71. The molecule has 3 heterocycles. The van der Waals surface area contributed by atoms with Crippen molar-refractivity contribution in [3.63, 3.8) is 0 Å². The average molecular weight is 406 g/mol. The van der Waals surface area contributed by atoms with Gasteiger partial charge >= 0.3 is 0 Å². The van der Waals surface area contributed by atoms with Crippen molar-refractivity contribution >= 4 is 45.6 Å². The first-order valence-electron chi connectivity index (χ1n) is 6.87. The summed E-state index contributed by atoms with van der Waals surface area (Å²) in [4.78, 5) is 20.1. The number of rotatable bonds is 3. The number of aromatic nitrogens is 2. The Labute approximate surface area is 148 Å². The zero-order valence-electron chi connectivity index (χ0n) is 12.2. The number of carbonyl (C=O) groups excluding carboxylic acids is 1. The number of thiophene rings is 1. The summed E-state index contributed by atoms with van der Waals surface area (Å²) < 4.78 is 3.05. The fourth-order valence-corrected chi connectivity index (χ4v) is 4.10. The van der Waals surface area contributed by atoms with Crippen molar-refractivity contribution in [1.82, 2.24) is 19.8 Å². The maximum Gasteiger partial charge on any atom is 0.228 e. The van der Waals surface area contributed by atoms with Crippen LogP contribution in [0, 0.1) is 0 Å². The number of imidazole rings is 1. The number of nitrogens with one attached hydrogen (secondary N) is 1. The molecule has 0 aromatic carbocycles. The largest absolute Gasteiger partial charge is 0.336 e. The van der Waals surface area contributed by atoms with Gasteiger partial charge in [-0.1, -0.05) is 0 Å². The van der Waals surface area contributed by atoms with Crippen LogP contribution >= 0.6 is 39.7 Å². The molecule has 1 aliphatic rings. The predicted molar refractivity (Wildman–Crippen MR) is 93.5 cm³/mol. The molecule has 1 amide bonds. The molecular formula is C14H18BrClN4OS. The molecule has 0 spiro atoms. The lowest BCUT2D eigenvalue weighted by atomic mass is 10.1. The third-order valence-electron chi connectivity index (χ3n) is 3.67. The van der Waals surface area contributed by atoms with E-state index in [4.69, 9.17) is 0 Å². The van der Waals surface area contributed by atoms with E-state index in [2.05, 4.69) is 26.2 Å². The van der Waals surface area contributed by atoms with Crippen LogP contribution in [0.15, 0.2) is 28.3 Å². The molecule has 8 heteroatoms. The van der Waals surface area contributed by atoms with Gasteiger partial charge in [-0.25, -0.2) is 4.98 Å². The Bertz CT molecular complexity index is 644. The Kier molecular flexibility index (Phi) is 6.02. The molecule has 2 aromatic rings. The number of piperazine rings is 1. The highest BCUT2D eigenvalue weighted by atomic mass is 79.9. The van der Waals surface area contributed by atoms with Gasteiger partial charge in [-0.15, -0.1) is 23.7 Å². The lowest BCUT2D eigenvalue weighted by Crippen LogP contribution is -2.49. The molecule has 5 nitrogen and oxygen atoms in total. The molecule has 22 heavy (non-hydrogen) atoms. The summed E-state index contributed by atoms with van der Waals surface area (Å²) in [7, 11) is 1.97. The predicted octanol–water partition coefficient (Wildman–Crippen LogP) is 2.38. The Morgan fingerprint density at radius 1 is 1.55 bits per heavy atom. The summed E-state index contributed by atoms with van der Waals surface area (Å²) in [5, 5.41) is 3.35. The van der Waals surface area contributed by atoms with Crippen LogP contribution in [0.3, 0.4) is 0 Å². The zero-order valence-corrected chi connectivity index (χ0v) is 15.4. The highest BCUT2D eigenvalue weighted by Crippen LogP contribution is 2.25. The van der Waals surface area contributed by atoms with Gasteiger partial charge in [0.15, 0.2) is 0 Å². The minimum Gasteiger partial charge on any atom is -0.336 e. The van der Waals surface area contributed by atoms with E-state index in [1.54, 1.807) is 17.5 Å². The second-order valence-corrected chi connectivity index (χ2v) is 7.63. The lowest BCUT2D eigenvalue weighted by molar-refractivity contribution is -0.134. The highest BCUT2D eigenvalue weighted by molar-refractivity contribution is 9.11. The van der Waals surface area contributed by atoms with Gasteiger partial charge in [-0.2, -0.15) is 0 Å². The molecule has 120 valence electrons. The summed E-state index contributed by atoms with van der Waals surface area (Å²) in [5.74, 6) is 1.10. The van der Waals surface area contributed by atoms with Crippen LogP contribution in [0.25, 0.3) is 0 Å². The lowest BCUT2D eigenvalue weighted by Gasteiger charge is -2.35. The van der Waals surface area contributed by atoms with E-state index < -0.39 is 0 Å². The van der Waals surface area contributed by atoms with Gasteiger partial charge in [0, 0.05) is 44.0 Å². The minimum absolute atomic E-state index is 0. The van der Waals surface area contributed by atoms with E-state index in [1.165, 1.54) is 0 Å². The van der Waals surface area contributed by atoms with Gasteiger partial charge < -0.3 is 14.8 Å². The van der Waals surface area contributed by atoms with Gasteiger partial charge in [0.2, 0.25) is 5.91 Å². The number of hydrogen-bond donors (Lipinski definition) is 1. The van der Waals surface area contributed by atoms with E-state index >= 15 is 0 Å². The molecule has 0 aliphatic carbocycles. The molecular weight excluding hydrogens is 388 g/mol. The van der Waals surface area contributed by atoms with Crippen molar-refractivity contribution in [2.45, 2.75) is 12.5 Å². The van der Waals surface area contributed by atoms with E-state index in [9.17, 15) is 4.79 Å². The first-order chi connectivity index (χ1) is 10.1. The molecule has 1 fully saturated rings. The monoisotopic (exact) mass is 404 g/mol. The molecule has 3 rings (SSSR count). The molecule has 1 saturated heterocycles. The van der Waals surface area contributed by atoms with E-state index in [0.717, 1.165) is 34.1 Å². The van der Waals surface area contributed by atoms with Crippen molar-refractivity contribution in [3.8, 4) is 0 Å². The van der Waals surface area contributed by atoms with Crippen molar-refractivity contribution in [1.29, 1.82) is 0 Å². The van der Waals surface area contributed by atoms with Gasteiger partial charge in [0.1, 0.15) is 11.9 Å². The molecule has 0 saturated carbocycles. The normalized spacial score (nSPS) is 18.1. The SMILES string of the molecule is Cl.Cn1ccnc1C1CNCCN1C(=O)Cc1ccc(Br)s1. The minimum atomic E-state index is 0. The van der Waals surface area contributed by atoms with Gasteiger partial charge in [0.05, 0.1) is 10.2 Å². The number of carbonyl (C=O) groups is 1. The Hall–Kier alpha value is -0.890. The summed E-state index contributed by atoms with van der Waals surface area (Å²) in [6, 6.07) is 4.00. The maximum absolute atomic E-state index is 12.6. The van der Waals surface area contributed by atoms with E-state index in [-0.39, 0.29) is 24.4 Å². The molecule has 0 bridgehead atoms. The molecule has 1 aliphatic heterocycles. The van der Waals surface area contributed by atoms with Crippen molar-refractivity contribution < 1.29 is 4.79 Å². The molecule has 1 atom stereocenters. The number of nitrogens with zero attached hydrogens (tertiary/aromatic N) is 3. The van der Waals surface area contributed by atoms with Crippen LogP contribution in [-0.2, 0) is 18.3 Å².